The van der Waals surface area contributed by atoms with E-state index in [1.807, 2.05) is 20.8 Å². The number of ether oxygens (including phenoxy) is 1. The highest BCUT2D eigenvalue weighted by molar-refractivity contribution is 5.91. The van der Waals surface area contributed by atoms with Gasteiger partial charge in [-0.2, -0.15) is 0 Å². The molecule has 0 aromatic carbocycles. The van der Waals surface area contributed by atoms with Crippen LogP contribution in [0.25, 0.3) is 0 Å². The van der Waals surface area contributed by atoms with Crippen LogP contribution in [-0.2, 0) is 14.9 Å². The average Bonchev–Trinajstić information content (AvgIpc) is 2.95. The second-order valence-electron chi connectivity index (χ2n) is 6.37. The number of likely N-dealkylation sites (tertiary alicyclic amines) is 1. The van der Waals surface area contributed by atoms with Crippen molar-refractivity contribution in [1.82, 2.24) is 20.1 Å². The Hall–Kier alpha value is -1.92. The van der Waals surface area contributed by atoms with Crippen molar-refractivity contribution in [2.24, 2.45) is 5.92 Å². The number of rotatable bonds is 2. The molecule has 1 atom stereocenters. The van der Waals surface area contributed by atoms with E-state index >= 15 is 0 Å². The van der Waals surface area contributed by atoms with E-state index in [9.17, 15) is 9.59 Å². The molecule has 7 nitrogen and oxygen atoms in total. The molecule has 1 aromatic rings. The molecule has 7 heteroatoms. The molecular weight excluding hydrogens is 272 g/mol. The van der Waals surface area contributed by atoms with Gasteiger partial charge in [-0.3, -0.25) is 14.7 Å². The number of hydrogen-bond donors (Lipinski definition) is 1. The fraction of sp³-hybridized carbons (Fsp3) is 0.714. The highest BCUT2D eigenvalue weighted by Gasteiger charge is 2.31. The Morgan fingerprint density at radius 2 is 2.10 bits per heavy atom. The van der Waals surface area contributed by atoms with Crippen molar-refractivity contribution in [2.75, 3.05) is 20.2 Å². The standard InChI is InChI=1S/C14H22N4O3/c1-14(2,3)13-15-10(16-17-13)11(19)18-7-5-6-9(8-18)12(20)21-4/h9H,5-8H2,1-4H3,(H,15,16,17). The Morgan fingerprint density at radius 1 is 1.38 bits per heavy atom. The van der Waals surface area contributed by atoms with Gasteiger partial charge in [0.15, 0.2) is 0 Å². The monoisotopic (exact) mass is 294 g/mol. The molecule has 1 saturated heterocycles. The Bertz CT molecular complexity index is 533. The van der Waals surface area contributed by atoms with Gasteiger partial charge in [-0.05, 0) is 12.8 Å². The van der Waals surface area contributed by atoms with Crippen LogP contribution in [0.3, 0.4) is 0 Å². The number of aromatic nitrogens is 3. The number of hydrogen-bond acceptors (Lipinski definition) is 5. The van der Waals surface area contributed by atoms with Crippen molar-refractivity contribution in [3.05, 3.63) is 11.6 Å². The molecule has 21 heavy (non-hydrogen) atoms. The Kier molecular flexibility index (Phi) is 4.29. The van der Waals surface area contributed by atoms with Crippen LogP contribution < -0.4 is 0 Å². The summed E-state index contributed by atoms with van der Waals surface area (Å²) in [5.74, 6) is 0.0692. The van der Waals surface area contributed by atoms with E-state index < -0.39 is 0 Å². The largest absolute Gasteiger partial charge is 0.469 e. The molecule has 1 fully saturated rings. The van der Waals surface area contributed by atoms with E-state index in [0.717, 1.165) is 12.8 Å². The molecule has 0 bridgehead atoms. The number of piperidine rings is 1. The van der Waals surface area contributed by atoms with Gasteiger partial charge in [-0.25, -0.2) is 4.98 Å². The molecule has 2 rings (SSSR count). The molecule has 0 aliphatic carbocycles. The highest BCUT2D eigenvalue weighted by Crippen LogP contribution is 2.21. The molecule has 1 amide bonds. The maximum absolute atomic E-state index is 12.4. The first-order chi connectivity index (χ1) is 9.82. The number of nitrogens with one attached hydrogen (secondary N) is 1. The van der Waals surface area contributed by atoms with Gasteiger partial charge in [-0.1, -0.05) is 20.8 Å². The lowest BCUT2D eigenvalue weighted by Crippen LogP contribution is -2.43. The smallest absolute Gasteiger partial charge is 0.310 e. The van der Waals surface area contributed by atoms with Crippen molar-refractivity contribution in [1.29, 1.82) is 0 Å². The second kappa shape index (κ2) is 5.83. The predicted octanol–water partition coefficient (Wildman–Crippen LogP) is 1.13. The first-order valence-corrected chi connectivity index (χ1v) is 7.13. The Balaban J connectivity index is 2.09. The van der Waals surface area contributed by atoms with Gasteiger partial charge in [-0.15, -0.1) is 5.10 Å². The molecule has 1 unspecified atom stereocenters. The molecule has 0 saturated carbocycles. The van der Waals surface area contributed by atoms with Gasteiger partial charge in [0.1, 0.15) is 5.82 Å². The van der Waals surface area contributed by atoms with Crippen molar-refractivity contribution in [3.63, 3.8) is 0 Å². The number of nitrogens with zero attached hydrogens (tertiary/aromatic N) is 3. The minimum absolute atomic E-state index is 0.158. The number of H-pyrrole nitrogens is 1. The minimum Gasteiger partial charge on any atom is -0.469 e. The number of esters is 1. The summed E-state index contributed by atoms with van der Waals surface area (Å²) in [5.41, 5.74) is -0.192. The topological polar surface area (TPSA) is 88.2 Å². The van der Waals surface area contributed by atoms with Crippen molar-refractivity contribution in [2.45, 2.75) is 39.0 Å². The zero-order valence-electron chi connectivity index (χ0n) is 13.0. The van der Waals surface area contributed by atoms with E-state index in [1.165, 1.54) is 7.11 Å². The van der Waals surface area contributed by atoms with Gasteiger partial charge < -0.3 is 9.64 Å². The van der Waals surface area contributed by atoms with Gasteiger partial charge in [0.25, 0.3) is 5.91 Å². The normalized spacial score (nSPS) is 19.4. The Morgan fingerprint density at radius 3 is 2.67 bits per heavy atom. The lowest BCUT2D eigenvalue weighted by atomic mass is 9.96. The van der Waals surface area contributed by atoms with E-state index in [2.05, 4.69) is 15.2 Å². The molecule has 116 valence electrons. The number of carbonyl (C=O) groups is 2. The molecule has 2 heterocycles. The van der Waals surface area contributed by atoms with Crippen LogP contribution in [0.15, 0.2) is 0 Å². The van der Waals surface area contributed by atoms with E-state index in [1.54, 1.807) is 4.90 Å². The van der Waals surface area contributed by atoms with Gasteiger partial charge in [0.2, 0.25) is 5.82 Å². The third-order valence-corrected chi connectivity index (χ3v) is 3.63. The summed E-state index contributed by atoms with van der Waals surface area (Å²) < 4.78 is 4.76. The summed E-state index contributed by atoms with van der Waals surface area (Å²) in [7, 11) is 1.37. The van der Waals surface area contributed by atoms with Crippen LogP contribution >= 0.6 is 0 Å². The zero-order valence-corrected chi connectivity index (χ0v) is 13.0. The van der Waals surface area contributed by atoms with Crippen LogP contribution in [0.2, 0.25) is 0 Å². The summed E-state index contributed by atoms with van der Waals surface area (Å²) in [5, 5.41) is 6.81. The summed E-state index contributed by atoms with van der Waals surface area (Å²) in [6.07, 6.45) is 1.53. The predicted molar refractivity (Wildman–Crippen MR) is 75.7 cm³/mol. The SMILES string of the molecule is COC(=O)C1CCCN(C(=O)c2n[nH]c(C(C)(C)C)n2)C1. The maximum atomic E-state index is 12.4. The number of methoxy groups -OCH3 is 1. The number of amides is 1. The molecule has 1 aliphatic rings. The third kappa shape index (κ3) is 3.40. The van der Waals surface area contributed by atoms with Crippen molar-refractivity contribution in [3.8, 4) is 0 Å². The number of aromatic amines is 1. The fourth-order valence-corrected chi connectivity index (χ4v) is 2.35. The molecule has 1 aliphatic heterocycles. The lowest BCUT2D eigenvalue weighted by Gasteiger charge is -2.30. The molecule has 0 radical (unpaired) electrons. The van der Waals surface area contributed by atoms with E-state index in [4.69, 9.17) is 4.74 Å². The summed E-state index contributed by atoms with van der Waals surface area (Å²) >= 11 is 0. The van der Waals surface area contributed by atoms with E-state index in [-0.39, 0.29) is 29.0 Å². The van der Waals surface area contributed by atoms with Crippen LogP contribution in [-0.4, -0.2) is 52.2 Å². The highest BCUT2D eigenvalue weighted by atomic mass is 16.5. The van der Waals surface area contributed by atoms with Crippen LogP contribution in [0.5, 0.6) is 0 Å². The van der Waals surface area contributed by atoms with Crippen LogP contribution in [0.4, 0.5) is 0 Å². The molecule has 1 aromatic heterocycles. The second-order valence-corrected chi connectivity index (χ2v) is 6.37. The average molecular weight is 294 g/mol. The first-order valence-electron chi connectivity index (χ1n) is 7.13. The van der Waals surface area contributed by atoms with E-state index in [0.29, 0.717) is 18.9 Å². The first kappa shape index (κ1) is 15.5. The number of carbonyl (C=O) groups excluding carboxylic acids is 2. The van der Waals surface area contributed by atoms with Gasteiger partial charge >= 0.3 is 5.97 Å². The minimum atomic E-state index is -0.266. The quantitative estimate of drug-likeness (QED) is 0.826. The summed E-state index contributed by atoms with van der Waals surface area (Å²) in [6, 6.07) is 0. The van der Waals surface area contributed by atoms with Crippen molar-refractivity contribution >= 4 is 11.9 Å². The Labute approximate surface area is 124 Å². The molecule has 0 spiro atoms. The third-order valence-electron chi connectivity index (χ3n) is 3.63. The summed E-state index contributed by atoms with van der Waals surface area (Å²) in [4.78, 5) is 29.9. The maximum Gasteiger partial charge on any atom is 0.310 e. The zero-order chi connectivity index (χ0) is 15.6. The molecule has 1 N–H and O–H groups in total. The summed E-state index contributed by atoms with van der Waals surface area (Å²) in [6.45, 7) is 6.97. The fourth-order valence-electron chi connectivity index (χ4n) is 2.35. The van der Waals surface area contributed by atoms with Crippen LogP contribution in [0, 0.1) is 5.92 Å². The van der Waals surface area contributed by atoms with Gasteiger partial charge in [0.05, 0.1) is 13.0 Å². The van der Waals surface area contributed by atoms with Crippen LogP contribution in [0.1, 0.15) is 50.1 Å². The molecular formula is C14H22N4O3. The lowest BCUT2D eigenvalue weighted by molar-refractivity contribution is -0.146. The van der Waals surface area contributed by atoms with Gasteiger partial charge in [0, 0.05) is 18.5 Å². The van der Waals surface area contributed by atoms with Crippen molar-refractivity contribution < 1.29 is 14.3 Å².